The average molecular weight is 561 g/mol. The molecule has 2 heteroatoms. The number of hydrogen-bond donors (Lipinski definition) is 0. The number of para-hydroxylation sites is 2. The number of nitrogens with zero attached hydrogens (tertiary/aromatic N) is 2. The minimum Gasteiger partial charge on any atom is -0.313 e. The van der Waals surface area contributed by atoms with E-state index in [9.17, 15) is 0 Å². The summed E-state index contributed by atoms with van der Waals surface area (Å²) in [6.07, 6.45) is 1.92. The van der Waals surface area contributed by atoms with Crippen LogP contribution in [0.5, 0.6) is 0 Å². The van der Waals surface area contributed by atoms with Crippen molar-refractivity contribution in [2.24, 2.45) is 0 Å². The number of fused-ring (bicyclic) bond motifs is 10. The zero-order chi connectivity index (χ0) is 28.8. The van der Waals surface area contributed by atoms with Crippen molar-refractivity contribution >= 4 is 21.8 Å². The molecule has 0 fully saturated rings. The first-order valence-electron chi connectivity index (χ1n) is 15.5. The molecule has 6 aromatic carbocycles. The third-order valence-corrected chi connectivity index (χ3v) is 9.80. The summed E-state index contributed by atoms with van der Waals surface area (Å²) in [7, 11) is 0. The largest absolute Gasteiger partial charge is 0.313 e. The van der Waals surface area contributed by atoms with Crippen LogP contribution in [0.1, 0.15) is 22.5 Å². The molecule has 0 atom stereocenters. The standard InChI is InChI=1S/C42H28N2/c1-2-12-31(13-3-1)44-38-24-28(20-23-36(38)42-34-15-7-5-11-30(34)26-40(42)44)27-18-21-32(22-19-27)43-37-17-9-8-16-35(37)41-33-14-6-4-10-29(33)25-39(41)43/h1-24H,25-26H2. The van der Waals surface area contributed by atoms with Crippen molar-refractivity contribution in [3.05, 3.63) is 168 Å². The first-order chi connectivity index (χ1) is 21.8. The van der Waals surface area contributed by atoms with Crippen LogP contribution < -0.4 is 0 Å². The first-order valence-corrected chi connectivity index (χ1v) is 15.5. The van der Waals surface area contributed by atoms with Crippen molar-refractivity contribution in [2.75, 3.05) is 0 Å². The van der Waals surface area contributed by atoms with Gasteiger partial charge in [-0.2, -0.15) is 0 Å². The van der Waals surface area contributed by atoms with E-state index in [-0.39, 0.29) is 0 Å². The summed E-state index contributed by atoms with van der Waals surface area (Å²) in [6.45, 7) is 0. The Morgan fingerprint density at radius 3 is 1.61 bits per heavy atom. The predicted octanol–water partition coefficient (Wildman–Crippen LogP) is 10.4. The van der Waals surface area contributed by atoms with Crippen LogP contribution in [0.2, 0.25) is 0 Å². The summed E-state index contributed by atoms with van der Waals surface area (Å²) in [5, 5.41) is 2.65. The maximum atomic E-state index is 2.48. The highest BCUT2D eigenvalue weighted by Gasteiger charge is 2.28. The monoisotopic (exact) mass is 560 g/mol. The van der Waals surface area contributed by atoms with Crippen molar-refractivity contribution in [3.63, 3.8) is 0 Å². The van der Waals surface area contributed by atoms with E-state index < -0.39 is 0 Å². The van der Waals surface area contributed by atoms with Crippen LogP contribution in [-0.4, -0.2) is 9.13 Å². The maximum absolute atomic E-state index is 2.48. The fourth-order valence-corrected chi connectivity index (χ4v) is 7.92. The quantitative estimate of drug-likeness (QED) is 0.203. The smallest absolute Gasteiger partial charge is 0.0544 e. The molecular formula is C42H28N2. The van der Waals surface area contributed by atoms with Gasteiger partial charge in [0.25, 0.3) is 0 Å². The van der Waals surface area contributed by atoms with E-state index in [1.165, 1.54) is 89.1 Å². The fraction of sp³-hybridized carbons (Fsp3) is 0.0476. The molecular weight excluding hydrogens is 532 g/mol. The van der Waals surface area contributed by atoms with Crippen LogP contribution in [0.3, 0.4) is 0 Å². The van der Waals surface area contributed by atoms with Crippen LogP contribution in [0.4, 0.5) is 0 Å². The Hall–Kier alpha value is -5.60. The van der Waals surface area contributed by atoms with Gasteiger partial charge in [-0.05, 0) is 69.8 Å². The highest BCUT2D eigenvalue weighted by atomic mass is 15.0. The number of aromatic nitrogens is 2. The normalized spacial score (nSPS) is 12.8. The van der Waals surface area contributed by atoms with Gasteiger partial charge in [0.05, 0.1) is 11.0 Å². The Bertz CT molecular complexity index is 2420. The lowest BCUT2D eigenvalue weighted by Crippen LogP contribution is -2.00. The highest BCUT2D eigenvalue weighted by Crippen LogP contribution is 2.47. The van der Waals surface area contributed by atoms with E-state index in [1.54, 1.807) is 0 Å². The van der Waals surface area contributed by atoms with Gasteiger partial charge in [-0.3, -0.25) is 0 Å². The highest BCUT2D eigenvalue weighted by molar-refractivity contribution is 6.04. The SMILES string of the molecule is c1ccc(-n2c3c(c4ccc(-c5ccc(-n6c7c(c8ccccc86)-c6ccccc6C7)cc5)cc42)-c2ccccc2C3)cc1. The van der Waals surface area contributed by atoms with Gasteiger partial charge in [-0.15, -0.1) is 0 Å². The number of hydrogen-bond acceptors (Lipinski definition) is 0. The fourth-order valence-electron chi connectivity index (χ4n) is 7.92. The molecule has 0 spiro atoms. The molecule has 206 valence electrons. The molecule has 0 aliphatic heterocycles. The molecule has 0 unspecified atom stereocenters. The maximum Gasteiger partial charge on any atom is 0.0544 e. The van der Waals surface area contributed by atoms with Crippen molar-refractivity contribution in [1.82, 2.24) is 9.13 Å². The van der Waals surface area contributed by atoms with Gasteiger partial charge in [0.15, 0.2) is 0 Å². The zero-order valence-corrected chi connectivity index (χ0v) is 24.2. The van der Waals surface area contributed by atoms with Gasteiger partial charge in [0.2, 0.25) is 0 Å². The van der Waals surface area contributed by atoms with Gasteiger partial charge >= 0.3 is 0 Å². The third-order valence-electron chi connectivity index (χ3n) is 9.80. The summed E-state index contributed by atoms with van der Waals surface area (Å²) in [4.78, 5) is 0. The molecule has 0 saturated heterocycles. The summed E-state index contributed by atoms with van der Waals surface area (Å²) < 4.78 is 4.95. The second-order valence-corrected chi connectivity index (χ2v) is 12.1. The number of rotatable bonds is 3. The van der Waals surface area contributed by atoms with Gasteiger partial charge in [0.1, 0.15) is 0 Å². The predicted molar refractivity (Wildman–Crippen MR) is 182 cm³/mol. The summed E-state index contributed by atoms with van der Waals surface area (Å²) in [5.41, 5.74) is 18.6. The molecule has 2 aromatic heterocycles. The molecule has 0 amide bonds. The lowest BCUT2D eigenvalue weighted by molar-refractivity contribution is 1.01. The van der Waals surface area contributed by atoms with Crippen LogP contribution in [0.15, 0.2) is 146 Å². The molecule has 0 saturated carbocycles. The molecule has 0 radical (unpaired) electrons. The molecule has 2 heterocycles. The lowest BCUT2D eigenvalue weighted by atomic mass is 10.0. The van der Waals surface area contributed by atoms with E-state index in [2.05, 4.69) is 155 Å². The Morgan fingerprint density at radius 2 is 0.909 bits per heavy atom. The van der Waals surface area contributed by atoms with Crippen LogP contribution in [0, 0.1) is 0 Å². The number of benzene rings is 6. The minimum absolute atomic E-state index is 0.956. The Kier molecular flexibility index (Phi) is 4.86. The van der Waals surface area contributed by atoms with Crippen molar-refractivity contribution < 1.29 is 0 Å². The Morgan fingerprint density at radius 1 is 0.386 bits per heavy atom. The topological polar surface area (TPSA) is 9.86 Å². The van der Waals surface area contributed by atoms with Crippen LogP contribution >= 0.6 is 0 Å². The minimum atomic E-state index is 0.956. The van der Waals surface area contributed by atoms with E-state index in [0.717, 1.165) is 12.8 Å². The summed E-state index contributed by atoms with van der Waals surface area (Å²) >= 11 is 0. The molecule has 2 aliphatic rings. The second kappa shape index (κ2) is 8.95. The third kappa shape index (κ3) is 3.25. The van der Waals surface area contributed by atoms with E-state index in [1.807, 2.05) is 0 Å². The Labute approximate surface area is 256 Å². The summed E-state index contributed by atoms with van der Waals surface area (Å²) in [5.74, 6) is 0. The van der Waals surface area contributed by atoms with E-state index in [4.69, 9.17) is 0 Å². The Balaban J connectivity index is 1.11. The van der Waals surface area contributed by atoms with E-state index >= 15 is 0 Å². The van der Waals surface area contributed by atoms with Crippen LogP contribution in [-0.2, 0) is 12.8 Å². The first kappa shape index (κ1) is 23.9. The van der Waals surface area contributed by atoms with Gasteiger partial charge in [-0.1, -0.05) is 109 Å². The lowest BCUT2D eigenvalue weighted by Gasteiger charge is -2.13. The van der Waals surface area contributed by atoms with Gasteiger partial charge in [-0.25, -0.2) is 0 Å². The van der Waals surface area contributed by atoms with Crippen molar-refractivity contribution in [1.29, 1.82) is 0 Å². The molecule has 8 aromatic rings. The van der Waals surface area contributed by atoms with Gasteiger partial charge < -0.3 is 9.13 Å². The molecule has 44 heavy (non-hydrogen) atoms. The molecule has 2 nitrogen and oxygen atoms in total. The molecule has 2 aliphatic carbocycles. The van der Waals surface area contributed by atoms with Crippen LogP contribution in [0.25, 0.3) is 66.6 Å². The van der Waals surface area contributed by atoms with Crippen molar-refractivity contribution in [3.8, 4) is 44.8 Å². The van der Waals surface area contributed by atoms with E-state index in [0.29, 0.717) is 0 Å². The van der Waals surface area contributed by atoms with Gasteiger partial charge in [0, 0.05) is 57.5 Å². The average Bonchev–Trinajstić information content (AvgIpc) is 3.81. The molecule has 0 N–H and O–H groups in total. The molecule has 10 rings (SSSR count). The second-order valence-electron chi connectivity index (χ2n) is 12.1. The molecule has 0 bridgehead atoms. The van der Waals surface area contributed by atoms with Crippen molar-refractivity contribution in [2.45, 2.75) is 12.8 Å². The zero-order valence-electron chi connectivity index (χ0n) is 24.2. The summed E-state index contributed by atoms with van der Waals surface area (Å²) in [6, 6.07) is 53.6.